The second-order valence-electron chi connectivity index (χ2n) is 13.2. The predicted molar refractivity (Wildman–Crippen MR) is 208 cm³/mol. The number of anilines is 4. The number of fused-ring (bicyclic) bond motifs is 4. The maximum atomic E-state index is 14.4. The molecule has 0 aliphatic carbocycles. The van der Waals surface area contributed by atoms with Crippen molar-refractivity contribution in [2.24, 2.45) is 0 Å². The van der Waals surface area contributed by atoms with Crippen molar-refractivity contribution in [1.29, 1.82) is 0 Å². The van der Waals surface area contributed by atoms with Gasteiger partial charge in [-0.1, -0.05) is 72.6 Å². The van der Waals surface area contributed by atoms with Gasteiger partial charge in [0, 0.05) is 61.3 Å². The molecule has 0 spiro atoms. The van der Waals surface area contributed by atoms with Crippen LogP contribution in [-0.4, -0.2) is 9.55 Å². The first kappa shape index (κ1) is 34.4. The van der Waals surface area contributed by atoms with Crippen molar-refractivity contribution in [3.63, 3.8) is 0 Å². The molecule has 6 aromatic carbocycles. The quantitative estimate of drug-likeness (QED) is 0.149. The summed E-state index contributed by atoms with van der Waals surface area (Å²) in [5.74, 6) is 1.67. The van der Waals surface area contributed by atoms with Crippen LogP contribution in [0.15, 0.2) is 134 Å². The van der Waals surface area contributed by atoms with E-state index in [9.17, 15) is 4.39 Å². The van der Waals surface area contributed by atoms with E-state index in [0.717, 1.165) is 73.5 Å². The van der Waals surface area contributed by atoms with E-state index in [-0.39, 0.29) is 26.9 Å². The van der Waals surface area contributed by atoms with Gasteiger partial charge in [-0.15, -0.1) is 53.6 Å². The topological polar surface area (TPSA) is 33.5 Å². The molecule has 5 nitrogen and oxygen atoms in total. The maximum Gasteiger partial charge on any atom is 0.135 e. The summed E-state index contributed by atoms with van der Waals surface area (Å²) in [5.41, 5.74) is 11.0. The first-order valence-electron chi connectivity index (χ1n) is 17.5. The van der Waals surface area contributed by atoms with Gasteiger partial charge < -0.3 is 19.1 Å². The molecule has 9 rings (SSSR count). The minimum Gasteiger partial charge on any atom is -0.509 e. The average molecular weight is 873 g/mol. The molecule has 0 N–H and O–H groups in total. The first-order chi connectivity index (χ1) is 25.4. The van der Waals surface area contributed by atoms with Gasteiger partial charge in [-0.3, -0.25) is 0 Å². The molecule has 0 unspecified atom stereocenters. The number of halogens is 1. The van der Waals surface area contributed by atoms with Gasteiger partial charge in [0.25, 0.3) is 0 Å². The van der Waals surface area contributed by atoms with Crippen LogP contribution in [0.5, 0.6) is 11.5 Å². The van der Waals surface area contributed by atoms with Crippen LogP contribution in [0, 0.1) is 38.5 Å². The fourth-order valence-corrected chi connectivity index (χ4v) is 7.23. The van der Waals surface area contributed by atoms with E-state index in [4.69, 9.17) is 9.72 Å². The minimum absolute atomic E-state index is 0. The third kappa shape index (κ3) is 6.27. The molecule has 0 saturated heterocycles. The van der Waals surface area contributed by atoms with Gasteiger partial charge >= 0.3 is 0 Å². The monoisotopic (exact) mass is 872 g/mol. The van der Waals surface area contributed by atoms with Gasteiger partial charge in [-0.25, -0.2) is 9.37 Å². The van der Waals surface area contributed by atoms with Crippen molar-refractivity contribution in [3.8, 4) is 28.4 Å². The minimum atomic E-state index is -0.290. The largest absolute Gasteiger partial charge is 0.509 e. The Balaban J connectivity index is 0.00000400. The molecule has 264 valence electrons. The standard InChI is InChI=1S/C46H34FN4O.Pt/c1-4-32-20-21-48-46(23-32)51-42-13-6-5-12-40(42)41-19-17-37(28-45(41)51)52-38-25-33(39-18-16-30(2)22-31(39)3)24-36(27-38)50-29-49(35-11-9-10-34(47)26-35)43-14-7-8-15-44(43)50;/h5-26,29H,4H2,1-3H3;/q-3;. The van der Waals surface area contributed by atoms with Crippen molar-refractivity contribution in [1.82, 2.24) is 9.55 Å². The van der Waals surface area contributed by atoms with Gasteiger partial charge in [0.15, 0.2) is 0 Å². The van der Waals surface area contributed by atoms with E-state index in [0.29, 0.717) is 11.5 Å². The van der Waals surface area contributed by atoms with E-state index in [2.05, 4.69) is 115 Å². The zero-order valence-electron chi connectivity index (χ0n) is 29.4. The number of pyridine rings is 1. The maximum absolute atomic E-state index is 14.4. The molecule has 7 heteroatoms. The van der Waals surface area contributed by atoms with Crippen LogP contribution >= 0.6 is 0 Å². The van der Waals surface area contributed by atoms with Crippen molar-refractivity contribution < 1.29 is 30.2 Å². The number of hydrogen-bond donors (Lipinski definition) is 0. The Morgan fingerprint density at radius 3 is 2.36 bits per heavy atom. The molecule has 0 saturated carbocycles. The fraction of sp³-hybridized carbons (Fsp3) is 0.0870. The van der Waals surface area contributed by atoms with Crippen LogP contribution in [0.3, 0.4) is 0 Å². The number of rotatable bonds is 7. The second-order valence-corrected chi connectivity index (χ2v) is 13.2. The normalized spacial score (nSPS) is 12.3. The third-order valence-corrected chi connectivity index (χ3v) is 9.72. The second kappa shape index (κ2) is 14.0. The summed E-state index contributed by atoms with van der Waals surface area (Å²) in [5, 5.41) is 2.20. The number of para-hydroxylation sites is 3. The number of ether oxygens (including phenoxy) is 1. The van der Waals surface area contributed by atoms with Crippen molar-refractivity contribution >= 4 is 44.6 Å². The summed E-state index contributed by atoms with van der Waals surface area (Å²) in [6.07, 6.45) is 2.78. The number of hydrogen-bond acceptors (Lipinski definition) is 4. The van der Waals surface area contributed by atoms with Crippen LogP contribution in [0.2, 0.25) is 0 Å². The molecule has 1 aliphatic rings. The van der Waals surface area contributed by atoms with Crippen LogP contribution in [0.4, 0.5) is 27.1 Å². The first-order valence-corrected chi connectivity index (χ1v) is 17.5. The molecule has 3 heterocycles. The summed E-state index contributed by atoms with van der Waals surface area (Å²) in [6, 6.07) is 49.2. The molecule has 1 aliphatic heterocycles. The van der Waals surface area contributed by atoms with Crippen molar-refractivity contribution in [3.05, 3.63) is 175 Å². The summed E-state index contributed by atoms with van der Waals surface area (Å²) in [7, 11) is 0. The molecule has 2 aromatic heterocycles. The van der Waals surface area contributed by atoms with Crippen LogP contribution in [0.25, 0.3) is 38.8 Å². The van der Waals surface area contributed by atoms with Gasteiger partial charge in [-0.2, -0.15) is 6.07 Å². The van der Waals surface area contributed by atoms with Gasteiger partial charge in [-0.05, 0) is 90.9 Å². The Morgan fingerprint density at radius 2 is 1.55 bits per heavy atom. The summed E-state index contributed by atoms with van der Waals surface area (Å²) < 4.78 is 23.3. The molecule has 8 aromatic rings. The average Bonchev–Trinajstić information content (AvgIpc) is 3.71. The van der Waals surface area contributed by atoms with Crippen LogP contribution < -0.4 is 14.5 Å². The van der Waals surface area contributed by atoms with E-state index in [1.807, 2.05) is 54.2 Å². The Kier molecular flexibility index (Phi) is 9.09. The molecular weight excluding hydrogens is 839 g/mol. The predicted octanol–water partition coefficient (Wildman–Crippen LogP) is 12.0. The number of aromatic nitrogens is 2. The Morgan fingerprint density at radius 1 is 0.736 bits per heavy atom. The molecule has 0 radical (unpaired) electrons. The third-order valence-electron chi connectivity index (χ3n) is 9.72. The molecule has 0 bridgehead atoms. The molecule has 0 amide bonds. The van der Waals surface area contributed by atoms with Crippen LogP contribution in [0.1, 0.15) is 23.6 Å². The summed E-state index contributed by atoms with van der Waals surface area (Å²) in [6.45, 7) is 8.36. The zero-order valence-corrected chi connectivity index (χ0v) is 31.6. The Hall–Kier alpha value is -5.71. The van der Waals surface area contributed by atoms with E-state index in [1.54, 1.807) is 12.1 Å². The van der Waals surface area contributed by atoms with E-state index in [1.165, 1.54) is 17.2 Å². The van der Waals surface area contributed by atoms with E-state index >= 15 is 0 Å². The molecule has 0 atom stereocenters. The molecule has 53 heavy (non-hydrogen) atoms. The molecule has 0 fully saturated rings. The van der Waals surface area contributed by atoms with Gasteiger partial charge in [0.1, 0.15) is 11.6 Å². The Bertz CT molecular complexity index is 2650. The zero-order chi connectivity index (χ0) is 35.3. The van der Waals surface area contributed by atoms with Crippen molar-refractivity contribution in [2.75, 3.05) is 9.80 Å². The van der Waals surface area contributed by atoms with Crippen molar-refractivity contribution in [2.45, 2.75) is 27.2 Å². The fourth-order valence-electron chi connectivity index (χ4n) is 7.23. The number of aryl methyl sites for hydroxylation is 3. The van der Waals surface area contributed by atoms with E-state index < -0.39 is 0 Å². The molecular formula is C46H34FN4OPt-3. The van der Waals surface area contributed by atoms with Gasteiger partial charge in [0.05, 0.1) is 0 Å². The summed E-state index contributed by atoms with van der Waals surface area (Å²) in [4.78, 5) is 8.85. The Labute approximate surface area is 323 Å². The summed E-state index contributed by atoms with van der Waals surface area (Å²) >= 11 is 0. The number of benzene rings is 6. The van der Waals surface area contributed by atoms with Gasteiger partial charge in [0.2, 0.25) is 0 Å². The number of nitrogens with zero attached hydrogens (tertiary/aromatic N) is 4. The SMILES string of the molecule is CCc1ccnc(-n2c3[c-]c(Oc4[c-]c(N5[CH-]N(c6cccc(F)c6)c6ccccc65)cc(-c5ccc(C)cc5C)c4)ccc3c3ccccc32)c1.[Pt]. The smallest absolute Gasteiger partial charge is 0.135 e. The van der Waals surface area contributed by atoms with Crippen LogP contribution in [-0.2, 0) is 27.5 Å².